The smallest absolute Gasteiger partial charge is 4.00 e. The van der Waals surface area contributed by atoms with Gasteiger partial charge >= 0.3 is 90.7 Å². The van der Waals surface area contributed by atoms with Crippen molar-refractivity contribution in [1.82, 2.24) is 0 Å². The average Bonchev–Trinajstić information content (AvgIpc) is 1.50. The minimum absolute atomic E-state index is 0. The van der Waals surface area contributed by atoms with Gasteiger partial charge in [0.1, 0.15) is 0 Å². The van der Waals surface area contributed by atoms with Gasteiger partial charge in [-0.25, -0.2) is 0 Å². The molecular weight excluding hydrogens is 381 g/mol. The fourth-order valence-electron chi connectivity index (χ4n) is 0. The van der Waals surface area contributed by atoms with E-state index in [4.69, 9.17) is 3.02 Å². The summed E-state index contributed by atoms with van der Waals surface area (Å²) in [6, 6.07) is 0. The van der Waals surface area contributed by atoms with Crippen molar-refractivity contribution in [2.45, 2.75) is 6.55 Å². The van der Waals surface area contributed by atoms with E-state index in [2.05, 4.69) is 10.2 Å². The maximum atomic E-state index is 8.30. The number of hydrogen-bond acceptors (Lipinski definition) is 1. The van der Waals surface area contributed by atoms with Crippen molar-refractivity contribution in [1.29, 1.82) is 0 Å². The standard InChI is InChI=1S/CH3Si.5O.Sb.Ti.Zr/c1-2;;;;;;;;/h1H3;;;;;;;;/q+3;;4*-2;+1;2*+4. The van der Waals surface area contributed by atoms with E-state index in [9.17, 15) is 0 Å². The van der Waals surface area contributed by atoms with E-state index in [-0.39, 0.29) is 69.8 Å². The van der Waals surface area contributed by atoms with Crippen LogP contribution in [0.1, 0.15) is 0 Å². The molecule has 0 aromatic rings. The van der Waals surface area contributed by atoms with Crippen molar-refractivity contribution in [3.05, 3.63) is 0 Å². The fourth-order valence-corrected chi connectivity index (χ4v) is 0. The monoisotopic (exact) mass is 382 g/mol. The minimum atomic E-state index is 0. The molecule has 0 atom stereocenters. The average molecular weight is 384 g/mol. The molecule has 0 aliphatic carbocycles. The van der Waals surface area contributed by atoms with Crippen molar-refractivity contribution in [3.63, 3.8) is 0 Å². The number of rotatable bonds is 0. The molecule has 0 heterocycles. The molecule has 9 heteroatoms. The first-order valence-electron chi connectivity index (χ1n) is 0.683. The zero-order chi connectivity index (χ0) is 4.00. The molecule has 10 heavy (non-hydrogen) atoms. The van der Waals surface area contributed by atoms with Crippen LogP contribution in [0, 0.1) is 0 Å². The second-order valence-corrected chi connectivity index (χ2v) is 0. The van der Waals surface area contributed by atoms with Gasteiger partial charge in [-0.3, -0.25) is 0 Å². The van der Waals surface area contributed by atoms with Crippen LogP contribution in [-0.2, 0) is 72.8 Å². The molecule has 50 valence electrons. The molecule has 0 rings (SSSR count). The van der Waals surface area contributed by atoms with Crippen LogP contribution in [0.5, 0.6) is 0 Å². The van der Waals surface area contributed by atoms with Crippen LogP contribution in [0.25, 0.3) is 0 Å². The van der Waals surface area contributed by atoms with E-state index in [1.165, 1.54) is 0 Å². The van der Waals surface area contributed by atoms with E-state index in [0.29, 0.717) is 23.0 Å². The van der Waals surface area contributed by atoms with Gasteiger partial charge < -0.3 is 21.9 Å². The second kappa shape index (κ2) is 230. The first-order chi connectivity index (χ1) is 2.00. The molecule has 0 amide bonds. The molecule has 0 N–H and O–H groups in total. The predicted octanol–water partition coefficient (Wildman–Crippen LogP) is -0.777. The summed E-state index contributed by atoms with van der Waals surface area (Å²) in [5.41, 5.74) is 0. The summed E-state index contributed by atoms with van der Waals surface area (Å²) in [5.74, 6) is 0. The van der Waals surface area contributed by atoms with E-state index in [1.54, 1.807) is 6.55 Å². The van der Waals surface area contributed by atoms with Crippen molar-refractivity contribution in [2.75, 3.05) is 0 Å². The summed E-state index contributed by atoms with van der Waals surface area (Å²) in [7, 11) is 2.97. The van der Waals surface area contributed by atoms with Crippen molar-refractivity contribution in [3.8, 4) is 0 Å². The summed E-state index contributed by atoms with van der Waals surface area (Å²) < 4.78 is 8.30. The molecule has 2 radical (unpaired) electrons. The van der Waals surface area contributed by atoms with E-state index >= 15 is 0 Å². The molecule has 0 aromatic carbocycles. The van der Waals surface area contributed by atoms with Gasteiger partial charge in [-0.15, -0.1) is 0 Å². The van der Waals surface area contributed by atoms with Crippen LogP contribution >= 0.6 is 0 Å². The summed E-state index contributed by atoms with van der Waals surface area (Å²) >= 11 is 0.500. The van der Waals surface area contributed by atoms with Crippen LogP contribution in [0.3, 0.4) is 0 Å². The molecule has 0 saturated carbocycles. The molecule has 0 spiro atoms. The van der Waals surface area contributed by atoms with Gasteiger partial charge in [0, 0.05) is 0 Å². The summed E-state index contributed by atoms with van der Waals surface area (Å²) in [4.78, 5) is 0. The molecule has 0 aliphatic rings. The number of hydrogen-bond donors (Lipinski definition) is 0. The first kappa shape index (κ1) is 85.4. The Balaban J connectivity index is -0.000000000833. The van der Waals surface area contributed by atoms with Crippen LogP contribution in [0.4, 0.5) is 0 Å². The van der Waals surface area contributed by atoms with Gasteiger partial charge in [0.15, 0.2) is 0 Å². The Bertz CT molecular complexity index is 21.6. The van der Waals surface area contributed by atoms with Gasteiger partial charge in [-0.1, -0.05) is 0 Å². The normalized spacial score (nSPS) is 1.10. The third kappa shape index (κ3) is 171. The Kier molecular flexibility index (Phi) is 1970. The first-order valence-corrected chi connectivity index (χ1v) is 2.72. The van der Waals surface area contributed by atoms with Gasteiger partial charge in [0.05, 0.1) is 0 Å². The maximum absolute atomic E-state index is 8.30. The molecular formula is CH3O5SbSiTiZr+4. The van der Waals surface area contributed by atoms with Gasteiger partial charge in [-0.2, -0.15) is 0 Å². The summed E-state index contributed by atoms with van der Waals surface area (Å²) in [6.07, 6.45) is 0. The third-order valence-electron chi connectivity index (χ3n) is 0. The molecule has 0 bridgehead atoms. The fraction of sp³-hybridized carbons (Fsp3) is 1.00. The van der Waals surface area contributed by atoms with Crippen molar-refractivity contribution in [2.24, 2.45) is 0 Å². The Hall–Kier alpha value is 2.27. The van der Waals surface area contributed by atoms with Crippen molar-refractivity contribution < 1.29 is 72.8 Å². The Morgan fingerprint density at radius 2 is 0.900 bits per heavy atom. The van der Waals surface area contributed by atoms with Gasteiger partial charge in [0.2, 0.25) is 0 Å². The topological polar surface area (TPSA) is 131 Å². The Morgan fingerprint density at radius 3 is 0.900 bits per heavy atom. The summed E-state index contributed by atoms with van der Waals surface area (Å²) in [5, 5.41) is 0. The second-order valence-electron chi connectivity index (χ2n) is 0. The van der Waals surface area contributed by atoms with Crippen LogP contribution in [-0.4, -0.2) is 33.3 Å². The van der Waals surface area contributed by atoms with Crippen LogP contribution in [0.2, 0.25) is 6.55 Å². The van der Waals surface area contributed by atoms with E-state index in [1.807, 2.05) is 0 Å². The molecule has 0 aromatic heterocycles. The quantitative estimate of drug-likeness (QED) is 0.499. The third-order valence-corrected chi connectivity index (χ3v) is 0. The molecule has 0 unspecified atom stereocenters. The predicted molar refractivity (Wildman–Crippen MR) is 20.8 cm³/mol. The maximum Gasteiger partial charge on any atom is 4.00 e. The Labute approximate surface area is 111 Å². The van der Waals surface area contributed by atoms with E-state index < -0.39 is 0 Å². The molecule has 0 aliphatic heterocycles. The largest absolute Gasteiger partial charge is 4.00 e. The SMILES string of the molecule is C[Si+3].[O-2].[O-2].[O-2].[O-2].[O]=[Sb+].[Ti+4].[Zr+4]. The minimum Gasteiger partial charge on any atom is 4.00 e. The van der Waals surface area contributed by atoms with Gasteiger partial charge in [-0.05, 0) is 0 Å². The zero-order valence-electron chi connectivity index (χ0n) is 4.99. The van der Waals surface area contributed by atoms with Crippen LogP contribution in [0.15, 0.2) is 0 Å². The molecule has 0 saturated heterocycles. The van der Waals surface area contributed by atoms with Crippen LogP contribution < -0.4 is 0 Å². The van der Waals surface area contributed by atoms with Gasteiger partial charge in [0.25, 0.3) is 0 Å². The molecule has 0 fully saturated rings. The van der Waals surface area contributed by atoms with Crippen molar-refractivity contribution >= 4 is 33.3 Å². The zero-order valence-corrected chi connectivity index (χ0v) is 12.6. The van der Waals surface area contributed by atoms with E-state index in [0.717, 1.165) is 0 Å². The summed E-state index contributed by atoms with van der Waals surface area (Å²) in [6.45, 7) is 1.81. The Morgan fingerprint density at radius 1 is 0.900 bits per heavy atom. The molecule has 5 nitrogen and oxygen atoms in total.